The van der Waals surface area contributed by atoms with Crippen molar-refractivity contribution >= 4 is 0 Å². The van der Waals surface area contributed by atoms with E-state index in [1.807, 2.05) is 0 Å². The first kappa shape index (κ1) is 16.5. The second-order valence-electron chi connectivity index (χ2n) is 6.12. The fourth-order valence-electron chi connectivity index (χ4n) is 2.63. The van der Waals surface area contributed by atoms with Gasteiger partial charge in [0, 0.05) is 0 Å². The molecule has 1 saturated heterocycles. The van der Waals surface area contributed by atoms with Crippen molar-refractivity contribution in [2.45, 2.75) is 51.2 Å². The van der Waals surface area contributed by atoms with E-state index in [-0.39, 0.29) is 24.4 Å². The molecule has 1 aliphatic rings. The second kappa shape index (κ2) is 7.25. The quantitative estimate of drug-likeness (QED) is 0.596. The molecule has 1 aliphatic heterocycles. The van der Waals surface area contributed by atoms with E-state index in [1.54, 1.807) is 0 Å². The van der Waals surface area contributed by atoms with Gasteiger partial charge in [-0.1, -0.05) is 5.92 Å². The Morgan fingerprint density at radius 1 is 1.11 bits per heavy atom. The van der Waals surface area contributed by atoms with E-state index in [0.29, 0.717) is 19.6 Å². The van der Waals surface area contributed by atoms with Crippen molar-refractivity contribution in [1.82, 2.24) is 0 Å². The Morgan fingerprint density at radius 2 is 1.74 bits per heavy atom. The maximum Gasteiger partial charge on any atom is 0.139 e. The maximum absolute atomic E-state index is 8.96. The van der Waals surface area contributed by atoms with Gasteiger partial charge in [0.25, 0.3) is 0 Å². The van der Waals surface area contributed by atoms with Crippen LogP contribution in [-0.4, -0.2) is 54.3 Å². The standard InChI is InChI=1S/C15H27NO3/c1-14(2)6-4-7-15(3,19-14)8-5-9-16(10-12-17)11-13-18/h17-18H,4,6-7,9-13H2,1-3H3/p+1/t15-/m0/s1. The number of aliphatic hydroxyl groups excluding tert-OH is 2. The summed E-state index contributed by atoms with van der Waals surface area (Å²) in [5.74, 6) is 6.41. The molecule has 4 nitrogen and oxygen atoms in total. The highest BCUT2D eigenvalue weighted by Crippen LogP contribution is 2.34. The van der Waals surface area contributed by atoms with Gasteiger partial charge in [-0.25, -0.2) is 0 Å². The van der Waals surface area contributed by atoms with Gasteiger partial charge in [-0.2, -0.15) is 0 Å². The highest BCUT2D eigenvalue weighted by Gasteiger charge is 2.35. The minimum atomic E-state index is -0.356. The Morgan fingerprint density at radius 3 is 2.26 bits per heavy atom. The third kappa shape index (κ3) is 5.92. The topological polar surface area (TPSA) is 54.1 Å². The molecule has 1 rings (SSSR count). The van der Waals surface area contributed by atoms with Crippen LogP contribution in [0.25, 0.3) is 0 Å². The van der Waals surface area contributed by atoms with Gasteiger partial charge < -0.3 is 19.8 Å². The van der Waals surface area contributed by atoms with Gasteiger partial charge in [-0.3, -0.25) is 0 Å². The summed E-state index contributed by atoms with van der Waals surface area (Å²) in [6, 6.07) is 0. The highest BCUT2D eigenvalue weighted by molar-refractivity contribution is 5.14. The molecule has 3 N–H and O–H groups in total. The number of nitrogens with one attached hydrogen (secondary N) is 1. The summed E-state index contributed by atoms with van der Waals surface area (Å²) < 4.78 is 6.08. The summed E-state index contributed by atoms with van der Waals surface area (Å²) >= 11 is 0. The fraction of sp³-hybridized carbons (Fsp3) is 0.867. The van der Waals surface area contributed by atoms with Crippen LogP contribution in [0.15, 0.2) is 0 Å². The van der Waals surface area contributed by atoms with E-state index in [0.717, 1.165) is 24.2 Å². The van der Waals surface area contributed by atoms with Gasteiger partial charge in [0.2, 0.25) is 0 Å². The normalized spacial score (nSPS) is 26.0. The summed E-state index contributed by atoms with van der Waals surface area (Å²) in [7, 11) is 0. The van der Waals surface area contributed by atoms with E-state index >= 15 is 0 Å². The Bertz CT molecular complexity index is 326. The summed E-state index contributed by atoms with van der Waals surface area (Å²) in [6.07, 6.45) is 3.19. The Kier molecular flexibility index (Phi) is 6.28. The van der Waals surface area contributed by atoms with E-state index in [2.05, 4.69) is 32.6 Å². The fourth-order valence-corrected chi connectivity index (χ4v) is 2.63. The largest absolute Gasteiger partial charge is 0.391 e. The Balaban J connectivity index is 2.55. The molecule has 0 aromatic heterocycles. The molecule has 1 atom stereocenters. The smallest absolute Gasteiger partial charge is 0.139 e. The van der Waals surface area contributed by atoms with Crippen LogP contribution in [0.3, 0.4) is 0 Å². The van der Waals surface area contributed by atoms with Gasteiger partial charge in [-0.15, -0.1) is 0 Å². The van der Waals surface area contributed by atoms with Crippen molar-refractivity contribution in [1.29, 1.82) is 0 Å². The number of ether oxygens (including phenoxy) is 1. The van der Waals surface area contributed by atoms with Crippen LogP contribution in [0.4, 0.5) is 0 Å². The number of rotatable bonds is 5. The molecule has 4 heteroatoms. The predicted molar refractivity (Wildman–Crippen MR) is 74.9 cm³/mol. The lowest BCUT2D eigenvalue weighted by Gasteiger charge is -2.40. The van der Waals surface area contributed by atoms with Crippen molar-refractivity contribution in [3.8, 4) is 11.8 Å². The molecule has 0 saturated carbocycles. The third-order valence-corrected chi connectivity index (χ3v) is 3.56. The second-order valence-corrected chi connectivity index (χ2v) is 6.12. The number of hydrogen-bond donors (Lipinski definition) is 3. The van der Waals surface area contributed by atoms with Crippen LogP contribution in [0.1, 0.15) is 40.0 Å². The first-order valence-electron chi connectivity index (χ1n) is 7.16. The first-order chi connectivity index (χ1) is 8.91. The monoisotopic (exact) mass is 270 g/mol. The summed E-state index contributed by atoms with van der Waals surface area (Å²) in [5.41, 5.74) is -0.449. The predicted octanol–water partition coefficient (Wildman–Crippen LogP) is -0.403. The SMILES string of the molecule is CC1(C)CCC[C@@](C)(C#CC[NH+](CCO)CCO)O1. The molecule has 0 amide bonds. The van der Waals surface area contributed by atoms with E-state index in [1.165, 1.54) is 0 Å². The molecule has 1 heterocycles. The van der Waals surface area contributed by atoms with E-state index < -0.39 is 0 Å². The van der Waals surface area contributed by atoms with Gasteiger partial charge in [0.1, 0.15) is 25.2 Å². The average molecular weight is 270 g/mol. The molecule has 1 fully saturated rings. The number of aliphatic hydroxyl groups is 2. The minimum absolute atomic E-state index is 0.0928. The molecule has 0 unspecified atom stereocenters. The van der Waals surface area contributed by atoms with Gasteiger partial charge >= 0.3 is 0 Å². The van der Waals surface area contributed by atoms with Crippen molar-refractivity contribution in [2.75, 3.05) is 32.8 Å². The zero-order valence-corrected chi connectivity index (χ0v) is 12.5. The molecule has 110 valence electrons. The summed E-state index contributed by atoms with van der Waals surface area (Å²) in [4.78, 5) is 1.11. The van der Waals surface area contributed by atoms with Crippen molar-refractivity contribution in [3.63, 3.8) is 0 Å². The Hall–Kier alpha value is -0.600. The van der Waals surface area contributed by atoms with Crippen LogP contribution >= 0.6 is 0 Å². The third-order valence-electron chi connectivity index (χ3n) is 3.56. The Labute approximate surface area is 116 Å². The summed E-state index contributed by atoms with van der Waals surface area (Å²) in [6.45, 7) is 8.41. The first-order valence-corrected chi connectivity index (χ1v) is 7.16. The van der Waals surface area contributed by atoms with Crippen LogP contribution in [0.2, 0.25) is 0 Å². The summed E-state index contributed by atoms with van der Waals surface area (Å²) in [5, 5.41) is 17.9. The molecule has 0 bridgehead atoms. The average Bonchev–Trinajstić information content (AvgIpc) is 2.27. The zero-order chi connectivity index (χ0) is 14.4. The lowest BCUT2D eigenvalue weighted by Crippen LogP contribution is -3.13. The van der Waals surface area contributed by atoms with E-state index in [9.17, 15) is 0 Å². The molecule has 19 heavy (non-hydrogen) atoms. The molecular weight excluding hydrogens is 242 g/mol. The molecule has 0 spiro atoms. The number of hydrogen-bond acceptors (Lipinski definition) is 3. The van der Waals surface area contributed by atoms with Gasteiger partial charge in [0.15, 0.2) is 0 Å². The molecule has 0 aliphatic carbocycles. The molecule has 0 radical (unpaired) electrons. The van der Waals surface area contributed by atoms with Crippen LogP contribution in [-0.2, 0) is 4.74 Å². The van der Waals surface area contributed by atoms with Crippen LogP contribution in [0, 0.1) is 11.8 Å². The van der Waals surface area contributed by atoms with Crippen molar-refractivity contribution < 1.29 is 19.8 Å². The number of quaternary nitrogens is 1. The highest BCUT2D eigenvalue weighted by atomic mass is 16.5. The van der Waals surface area contributed by atoms with Crippen molar-refractivity contribution in [2.24, 2.45) is 0 Å². The van der Waals surface area contributed by atoms with Gasteiger partial charge in [-0.05, 0) is 46.0 Å². The molecule has 0 aromatic rings. The van der Waals surface area contributed by atoms with Crippen LogP contribution in [0.5, 0.6) is 0 Å². The van der Waals surface area contributed by atoms with Crippen LogP contribution < -0.4 is 4.90 Å². The van der Waals surface area contributed by atoms with Gasteiger partial charge in [0.05, 0.1) is 18.8 Å². The molecular formula is C15H28NO3+. The molecule has 0 aromatic carbocycles. The minimum Gasteiger partial charge on any atom is -0.391 e. The van der Waals surface area contributed by atoms with E-state index in [4.69, 9.17) is 14.9 Å². The lowest BCUT2D eigenvalue weighted by molar-refractivity contribution is -0.893. The lowest BCUT2D eigenvalue weighted by atomic mass is 9.88. The zero-order valence-electron chi connectivity index (χ0n) is 12.5. The maximum atomic E-state index is 8.96. The van der Waals surface area contributed by atoms with Crippen molar-refractivity contribution in [3.05, 3.63) is 0 Å².